The highest BCUT2D eigenvalue weighted by atomic mass is 127. The Bertz CT molecular complexity index is 656. The number of unbranched alkanes of at least 4 members (excludes halogenated alkanes) is 1. The van der Waals surface area contributed by atoms with Crippen molar-refractivity contribution in [2.24, 2.45) is 17.5 Å². The van der Waals surface area contributed by atoms with E-state index in [0.717, 1.165) is 43.6 Å². The van der Waals surface area contributed by atoms with E-state index < -0.39 is 0 Å². The number of rotatable bonds is 8. The van der Waals surface area contributed by atoms with Gasteiger partial charge in [-0.05, 0) is 39.5 Å². The SMILES string of the molecule is CCCCNC(=NCc1nnc(C)n1C)NC1CC(OCC)C12CCCCC2.I. The monoisotopic (exact) mass is 518 g/mol. The molecule has 2 aliphatic carbocycles. The van der Waals surface area contributed by atoms with Crippen molar-refractivity contribution in [1.82, 2.24) is 25.4 Å². The Morgan fingerprint density at radius 3 is 2.62 bits per heavy atom. The number of aliphatic imine (C=N–C) groups is 1. The predicted molar refractivity (Wildman–Crippen MR) is 128 cm³/mol. The third-order valence-electron chi connectivity index (χ3n) is 6.63. The molecule has 8 heteroatoms. The topological polar surface area (TPSA) is 76.4 Å². The zero-order chi connectivity index (χ0) is 20.0. The molecule has 0 amide bonds. The van der Waals surface area contributed by atoms with Gasteiger partial charge in [0.25, 0.3) is 0 Å². The third-order valence-corrected chi connectivity index (χ3v) is 6.63. The first-order valence-electron chi connectivity index (χ1n) is 11.1. The molecule has 29 heavy (non-hydrogen) atoms. The standard InChI is InChI=1S/C21H38N6O.HI/c1-5-7-13-22-20(23-15-19-26-25-16(3)27(19)4)24-17-14-18(28-6-2)21(17)11-9-8-10-12-21;/h17-18H,5-15H2,1-4H3,(H2,22,23,24);1H. The first kappa shape index (κ1) is 24.4. The summed E-state index contributed by atoms with van der Waals surface area (Å²) in [5.74, 6) is 2.71. The number of aromatic nitrogens is 3. The molecule has 1 aromatic rings. The highest BCUT2D eigenvalue weighted by molar-refractivity contribution is 14.0. The lowest BCUT2D eigenvalue weighted by atomic mass is 9.55. The maximum absolute atomic E-state index is 6.11. The van der Waals surface area contributed by atoms with E-state index in [4.69, 9.17) is 9.73 Å². The number of hydrogen-bond acceptors (Lipinski definition) is 4. The summed E-state index contributed by atoms with van der Waals surface area (Å²) >= 11 is 0. The van der Waals surface area contributed by atoms with Crippen molar-refractivity contribution in [2.75, 3.05) is 13.2 Å². The summed E-state index contributed by atoms with van der Waals surface area (Å²) in [4.78, 5) is 4.84. The minimum absolute atomic E-state index is 0. The Hall–Kier alpha value is -0.900. The van der Waals surface area contributed by atoms with Crippen molar-refractivity contribution >= 4 is 29.9 Å². The van der Waals surface area contributed by atoms with Crippen LogP contribution >= 0.6 is 24.0 Å². The minimum atomic E-state index is 0. The summed E-state index contributed by atoms with van der Waals surface area (Å²) in [6.07, 6.45) is 10.3. The highest BCUT2D eigenvalue weighted by Gasteiger charge is 2.55. The molecule has 2 fully saturated rings. The summed E-state index contributed by atoms with van der Waals surface area (Å²) in [6.45, 7) is 8.57. The maximum Gasteiger partial charge on any atom is 0.191 e. The Balaban J connectivity index is 0.00000300. The van der Waals surface area contributed by atoms with Gasteiger partial charge in [-0.3, -0.25) is 0 Å². The fraction of sp³-hybridized carbons (Fsp3) is 0.857. The molecule has 0 bridgehead atoms. The van der Waals surface area contributed by atoms with Gasteiger partial charge in [0.1, 0.15) is 12.4 Å². The van der Waals surface area contributed by atoms with Crippen molar-refractivity contribution in [3.8, 4) is 0 Å². The van der Waals surface area contributed by atoms with E-state index in [1.165, 1.54) is 38.5 Å². The van der Waals surface area contributed by atoms with Gasteiger partial charge in [0.2, 0.25) is 0 Å². The van der Waals surface area contributed by atoms with Gasteiger partial charge in [-0.15, -0.1) is 34.2 Å². The van der Waals surface area contributed by atoms with Crippen molar-refractivity contribution < 1.29 is 4.74 Å². The van der Waals surface area contributed by atoms with Crippen molar-refractivity contribution in [3.05, 3.63) is 11.6 Å². The van der Waals surface area contributed by atoms with Crippen LogP contribution in [0, 0.1) is 12.3 Å². The molecule has 7 nitrogen and oxygen atoms in total. The largest absolute Gasteiger partial charge is 0.378 e. The number of guanidine groups is 1. The zero-order valence-corrected chi connectivity index (χ0v) is 20.9. The number of nitrogens with one attached hydrogen (secondary N) is 2. The van der Waals surface area contributed by atoms with Gasteiger partial charge in [0, 0.05) is 31.7 Å². The first-order chi connectivity index (χ1) is 13.6. The van der Waals surface area contributed by atoms with Gasteiger partial charge in [-0.2, -0.15) is 0 Å². The molecular weight excluding hydrogens is 479 g/mol. The van der Waals surface area contributed by atoms with Crippen LogP contribution in [0.1, 0.15) is 76.9 Å². The molecule has 0 saturated heterocycles. The second-order valence-corrected chi connectivity index (χ2v) is 8.34. The third kappa shape index (κ3) is 5.62. The van der Waals surface area contributed by atoms with Crippen LogP contribution < -0.4 is 10.6 Å². The molecule has 0 aromatic carbocycles. The van der Waals surface area contributed by atoms with Crippen LogP contribution in [0.15, 0.2) is 4.99 Å². The van der Waals surface area contributed by atoms with Crippen molar-refractivity contribution in [3.63, 3.8) is 0 Å². The van der Waals surface area contributed by atoms with Crippen LogP contribution in [0.5, 0.6) is 0 Å². The van der Waals surface area contributed by atoms with E-state index in [0.29, 0.717) is 18.7 Å². The van der Waals surface area contributed by atoms with Gasteiger partial charge >= 0.3 is 0 Å². The maximum atomic E-state index is 6.11. The quantitative estimate of drug-likeness (QED) is 0.238. The van der Waals surface area contributed by atoms with E-state index >= 15 is 0 Å². The molecule has 0 radical (unpaired) electrons. The number of aryl methyl sites for hydroxylation is 1. The van der Waals surface area contributed by atoms with Crippen LogP contribution in [-0.4, -0.2) is 46.0 Å². The fourth-order valence-electron chi connectivity index (χ4n) is 4.71. The van der Waals surface area contributed by atoms with Crippen LogP contribution in [0.25, 0.3) is 0 Å². The van der Waals surface area contributed by atoms with E-state index in [9.17, 15) is 0 Å². The Morgan fingerprint density at radius 1 is 1.24 bits per heavy atom. The first-order valence-corrected chi connectivity index (χ1v) is 11.1. The van der Waals surface area contributed by atoms with Crippen LogP contribution in [0.2, 0.25) is 0 Å². The van der Waals surface area contributed by atoms with E-state index in [1.54, 1.807) is 0 Å². The fourth-order valence-corrected chi connectivity index (χ4v) is 4.71. The van der Waals surface area contributed by atoms with Crippen LogP contribution in [0.3, 0.4) is 0 Å². The molecule has 0 aliphatic heterocycles. The lowest BCUT2D eigenvalue weighted by Gasteiger charge is -2.58. The van der Waals surface area contributed by atoms with Crippen LogP contribution in [0.4, 0.5) is 0 Å². The number of halogens is 1. The van der Waals surface area contributed by atoms with E-state index in [-0.39, 0.29) is 29.4 Å². The predicted octanol–water partition coefficient (Wildman–Crippen LogP) is 3.70. The van der Waals surface area contributed by atoms with Gasteiger partial charge in [0.05, 0.1) is 6.10 Å². The van der Waals surface area contributed by atoms with E-state index in [1.807, 2.05) is 18.5 Å². The number of nitrogens with zero attached hydrogens (tertiary/aromatic N) is 4. The normalized spacial score (nSPS) is 23.4. The summed E-state index contributed by atoms with van der Waals surface area (Å²) in [7, 11) is 1.99. The van der Waals surface area contributed by atoms with Gasteiger partial charge in [-0.1, -0.05) is 32.6 Å². The number of hydrogen-bond donors (Lipinski definition) is 2. The molecule has 1 aromatic heterocycles. The summed E-state index contributed by atoms with van der Waals surface area (Å²) in [5, 5.41) is 15.7. The van der Waals surface area contributed by atoms with Gasteiger partial charge in [0.15, 0.2) is 11.8 Å². The molecule has 2 N–H and O–H groups in total. The molecule has 2 atom stereocenters. The highest BCUT2D eigenvalue weighted by Crippen LogP contribution is 2.53. The number of ether oxygens (including phenoxy) is 1. The molecule has 166 valence electrons. The molecule has 2 unspecified atom stereocenters. The molecule has 3 rings (SSSR count). The Labute approximate surface area is 192 Å². The summed E-state index contributed by atoms with van der Waals surface area (Å²) in [5.41, 5.74) is 0.281. The smallest absolute Gasteiger partial charge is 0.191 e. The zero-order valence-electron chi connectivity index (χ0n) is 18.5. The minimum Gasteiger partial charge on any atom is -0.378 e. The van der Waals surface area contributed by atoms with Crippen molar-refractivity contribution in [1.29, 1.82) is 0 Å². The lowest BCUT2D eigenvalue weighted by molar-refractivity contribution is -0.145. The molecule has 1 heterocycles. The van der Waals surface area contributed by atoms with Gasteiger partial charge in [-0.25, -0.2) is 4.99 Å². The Morgan fingerprint density at radius 2 is 2.00 bits per heavy atom. The van der Waals surface area contributed by atoms with Gasteiger partial charge < -0.3 is 19.9 Å². The Kier molecular flexibility index (Phi) is 9.65. The molecular formula is C21H39IN6O. The second-order valence-electron chi connectivity index (χ2n) is 8.34. The second kappa shape index (κ2) is 11.5. The molecule has 2 aliphatic rings. The summed E-state index contributed by atoms with van der Waals surface area (Å²) in [6, 6.07) is 0.443. The average Bonchev–Trinajstić information content (AvgIpc) is 3.03. The van der Waals surface area contributed by atoms with E-state index in [2.05, 4.69) is 34.7 Å². The molecule has 2 saturated carbocycles. The lowest BCUT2D eigenvalue weighted by Crippen LogP contribution is -2.66. The van der Waals surface area contributed by atoms with Crippen molar-refractivity contribution in [2.45, 2.75) is 90.8 Å². The van der Waals surface area contributed by atoms with Crippen LogP contribution in [-0.2, 0) is 18.3 Å². The average molecular weight is 518 g/mol. The summed E-state index contributed by atoms with van der Waals surface area (Å²) < 4.78 is 8.11. The molecule has 1 spiro atoms.